The average Bonchev–Trinajstić information content (AvgIpc) is 2.99. The summed E-state index contributed by atoms with van der Waals surface area (Å²) in [4.78, 5) is 12.2. The van der Waals surface area contributed by atoms with Gasteiger partial charge in [-0.2, -0.15) is 0 Å². The number of hydrogen-bond donors (Lipinski definition) is 0. The van der Waals surface area contributed by atoms with Crippen LogP contribution in [-0.2, 0) is 19.0 Å². The van der Waals surface area contributed by atoms with Gasteiger partial charge in [-0.3, -0.25) is 0 Å². The van der Waals surface area contributed by atoms with Gasteiger partial charge in [0, 0.05) is 6.42 Å². The first-order valence-electron chi connectivity index (χ1n) is 17.3. The van der Waals surface area contributed by atoms with E-state index in [1.165, 1.54) is 128 Å². The normalized spacial score (nSPS) is 20.4. The van der Waals surface area contributed by atoms with Gasteiger partial charge in [0.25, 0.3) is 0 Å². The SMILES string of the molecule is CCCCCCC1=COC(CCCCCC)(C(=O)OC)CC1.CCCCCCC1=COC(CCCCCC)CC1. The van der Waals surface area contributed by atoms with Crippen LogP contribution in [0.4, 0.5) is 0 Å². The highest BCUT2D eigenvalue weighted by Crippen LogP contribution is 2.35. The lowest BCUT2D eigenvalue weighted by Gasteiger charge is -2.34. The molecule has 2 rings (SSSR count). The molecule has 0 fully saturated rings. The Balaban J connectivity index is 0.000000408. The third kappa shape index (κ3) is 16.1. The summed E-state index contributed by atoms with van der Waals surface area (Å²) in [5.41, 5.74) is 2.18. The summed E-state index contributed by atoms with van der Waals surface area (Å²) in [6.07, 6.45) is 33.7. The van der Waals surface area contributed by atoms with E-state index in [0.29, 0.717) is 6.10 Å². The number of hydrogen-bond acceptors (Lipinski definition) is 4. The lowest BCUT2D eigenvalue weighted by molar-refractivity contribution is -0.166. The smallest absolute Gasteiger partial charge is 0.350 e. The maximum absolute atomic E-state index is 12.2. The van der Waals surface area contributed by atoms with Crippen molar-refractivity contribution in [2.45, 2.75) is 193 Å². The second-order valence-corrected chi connectivity index (χ2v) is 12.2. The summed E-state index contributed by atoms with van der Waals surface area (Å²) in [5.74, 6) is -0.203. The molecule has 0 saturated carbocycles. The summed E-state index contributed by atoms with van der Waals surface area (Å²) >= 11 is 0. The molecule has 0 amide bonds. The maximum Gasteiger partial charge on any atom is 0.350 e. The summed E-state index contributed by atoms with van der Waals surface area (Å²) < 4.78 is 16.8. The lowest BCUT2D eigenvalue weighted by Crippen LogP contribution is -2.43. The maximum atomic E-state index is 12.2. The Bertz CT molecular complexity index is 682. The second-order valence-electron chi connectivity index (χ2n) is 12.2. The van der Waals surface area contributed by atoms with Crippen LogP contribution < -0.4 is 0 Å². The molecule has 4 heteroatoms. The van der Waals surface area contributed by atoms with Crippen LogP contribution in [-0.4, -0.2) is 24.8 Å². The van der Waals surface area contributed by atoms with Gasteiger partial charge in [-0.05, 0) is 81.8 Å². The first kappa shape index (κ1) is 36.6. The van der Waals surface area contributed by atoms with Gasteiger partial charge in [0.1, 0.15) is 0 Å². The largest absolute Gasteiger partial charge is 0.498 e. The van der Waals surface area contributed by atoms with E-state index < -0.39 is 5.60 Å². The Kier molecular flexibility index (Phi) is 22.1. The molecule has 0 aromatic rings. The summed E-state index contributed by atoms with van der Waals surface area (Å²) in [7, 11) is 1.46. The molecule has 2 unspecified atom stereocenters. The average molecular weight is 563 g/mol. The van der Waals surface area contributed by atoms with Gasteiger partial charge in [-0.1, -0.05) is 105 Å². The topological polar surface area (TPSA) is 44.8 Å². The van der Waals surface area contributed by atoms with Crippen LogP contribution in [0.1, 0.15) is 182 Å². The molecule has 2 aliphatic rings. The van der Waals surface area contributed by atoms with E-state index >= 15 is 0 Å². The molecule has 0 radical (unpaired) electrons. The Morgan fingerprint density at radius 2 is 1.30 bits per heavy atom. The van der Waals surface area contributed by atoms with Crippen molar-refractivity contribution >= 4 is 5.97 Å². The van der Waals surface area contributed by atoms with Crippen molar-refractivity contribution in [2.75, 3.05) is 7.11 Å². The molecule has 2 atom stereocenters. The van der Waals surface area contributed by atoms with E-state index in [4.69, 9.17) is 14.2 Å². The minimum Gasteiger partial charge on any atom is -0.498 e. The van der Waals surface area contributed by atoms with Gasteiger partial charge in [-0.15, -0.1) is 0 Å². The van der Waals surface area contributed by atoms with E-state index in [1.807, 2.05) is 6.26 Å². The molecule has 0 saturated heterocycles. The van der Waals surface area contributed by atoms with Crippen molar-refractivity contribution in [1.29, 1.82) is 0 Å². The van der Waals surface area contributed by atoms with Gasteiger partial charge in [0.05, 0.1) is 25.7 Å². The predicted molar refractivity (Wildman–Crippen MR) is 170 cm³/mol. The van der Waals surface area contributed by atoms with Crippen molar-refractivity contribution < 1.29 is 19.0 Å². The second kappa shape index (κ2) is 24.2. The van der Waals surface area contributed by atoms with Gasteiger partial charge in [0.15, 0.2) is 0 Å². The van der Waals surface area contributed by atoms with Crippen molar-refractivity contribution in [2.24, 2.45) is 0 Å². The minimum atomic E-state index is -0.727. The molecule has 2 aliphatic heterocycles. The van der Waals surface area contributed by atoms with Crippen LogP contribution >= 0.6 is 0 Å². The number of carbonyl (C=O) groups is 1. The number of allylic oxidation sites excluding steroid dienone is 2. The van der Waals surface area contributed by atoms with E-state index in [2.05, 4.69) is 34.0 Å². The highest BCUT2D eigenvalue weighted by Gasteiger charge is 2.42. The Labute approximate surface area is 249 Å². The zero-order chi connectivity index (χ0) is 29.3. The standard InChI is InChI=1S/C19H34O3.C17H32O/c1-4-6-8-10-12-17-13-15-19(22-16-17,18(20)21-3)14-11-9-7-5-2;1-3-5-7-9-11-16-13-14-17(18-15-16)12-10-8-6-4-2/h16H,4-15H2,1-3H3;15,17H,3-14H2,1-2H3. The number of esters is 1. The number of carbonyl (C=O) groups excluding carboxylic acids is 1. The Hall–Kier alpha value is -1.45. The monoisotopic (exact) mass is 562 g/mol. The molecular formula is C36H66O4. The molecule has 4 nitrogen and oxygen atoms in total. The van der Waals surface area contributed by atoms with Crippen molar-refractivity contribution in [3.8, 4) is 0 Å². The Morgan fingerprint density at radius 3 is 1.77 bits per heavy atom. The highest BCUT2D eigenvalue weighted by atomic mass is 16.6. The number of ether oxygens (including phenoxy) is 3. The van der Waals surface area contributed by atoms with Crippen molar-refractivity contribution in [3.63, 3.8) is 0 Å². The zero-order valence-corrected chi connectivity index (χ0v) is 27.3. The van der Waals surface area contributed by atoms with E-state index in [0.717, 1.165) is 38.5 Å². The van der Waals surface area contributed by atoms with Crippen molar-refractivity contribution in [1.82, 2.24) is 0 Å². The number of unbranched alkanes of at least 4 members (excludes halogenated alkanes) is 12. The summed E-state index contributed by atoms with van der Waals surface area (Å²) in [6.45, 7) is 8.96. The number of methoxy groups -OCH3 is 1. The molecule has 40 heavy (non-hydrogen) atoms. The quantitative estimate of drug-likeness (QED) is 0.103. The van der Waals surface area contributed by atoms with E-state index in [-0.39, 0.29) is 5.97 Å². The molecule has 0 aliphatic carbocycles. The first-order chi connectivity index (χ1) is 19.5. The molecule has 2 heterocycles. The predicted octanol–water partition coefficient (Wildman–Crippen LogP) is 11.5. The van der Waals surface area contributed by atoms with Crippen LogP contribution in [0.3, 0.4) is 0 Å². The van der Waals surface area contributed by atoms with E-state index in [1.54, 1.807) is 5.57 Å². The van der Waals surface area contributed by atoms with Gasteiger partial charge < -0.3 is 14.2 Å². The summed E-state index contributed by atoms with van der Waals surface area (Å²) in [6, 6.07) is 0. The first-order valence-corrected chi connectivity index (χ1v) is 17.3. The van der Waals surface area contributed by atoms with Crippen LogP contribution in [0.5, 0.6) is 0 Å². The van der Waals surface area contributed by atoms with Crippen LogP contribution in [0.2, 0.25) is 0 Å². The molecular weight excluding hydrogens is 496 g/mol. The number of rotatable bonds is 21. The van der Waals surface area contributed by atoms with Crippen LogP contribution in [0.25, 0.3) is 0 Å². The fourth-order valence-electron chi connectivity index (χ4n) is 5.74. The summed E-state index contributed by atoms with van der Waals surface area (Å²) in [5, 5.41) is 0. The molecule has 234 valence electrons. The molecule has 0 bridgehead atoms. The lowest BCUT2D eigenvalue weighted by atomic mass is 9.86. The molecule has 0 aromatic carbocycles. The molecule has 0 N–H and O–H groups in total. The van der Waals surface area contributed by atoms with Crippen LogP contribution in [0.15, 0.2) is 23.7 Å². The van der Waals surface area contributed by atoms with E-state index in [9.17, 15) is 4.79 Å². The van der Waals surface area contributed by atoms with Gasteiger partial charge in [-0.25, -0.2) is 4.79 Å². The third-order valence-corrected chi connectivity index (χ3v) is 8.59. The molecule has 0 spiro atoms. The van der Waals surface area contributed by atoms with Gasteiger partial charge in [0.2, 0.25) is 5.60 Å². The zero-order valence-electron chi connectivity index (χ0n) is 27.3. The fraction of sp³-hybridized carbons (Fsp3) is 0.861. The highest BCUT2D eigenvalue weighted by molar-refractivity contribution is 5.79. The van der Waals surface area contributed by atoms with Crippen LogP contribution in [0, 0.1) is 0 Å². The van der Waals surface area contributed by atoms with Crippen molar-refractivity contribution in [3.05, 3.63) is 23.7 Å². The Morgan fingerprint density at radius 1 is 0.750 bits per heavy atom. The fourth-order valence-corrected chi connectivity index (χ4v) is 5.74. The third-order valence-electron chi connectivity index (χ3n) is 8.59. The minimum absolute atomic E-state index is 0.203. The molecule has 0 aromatic heterocycles. The van der Waals surface area contributed by atoms with Gasteiger partial charge >= 0.3 is 5.97 Å².